The van der Waals surface area contributed by atoms with E-state index in [2.05, 4.69) is 22.3 Å². The third-order valence-corrected chi connectivity index (χ3v) is 6.36. The minimum atomic E-state index is -0.297. The fourth-order valence-corrected chi connectivity index (χ4v) is 4.44. The lowest BCUT2D eigenvalue weighted by Crippen LogP contribution is -2.41. The molecule has 0 bridgehead atoms. The number of nitrogens with one attached hydrogen (secondary N) is 1. The Bertz CT molecular complexity index is 1150. The molecule has 34 heavy (non-hydrogen) atoms. The number of anilines is 3. The van der Waals surface area contributed by atoms with Gasteiger partial charge in [-0.05, 0) is 66.3 Å². The first kappa shape index (κ1) is 23.5. The minimum Gasteiger partial charge on any atom is -0.381 e. The molecule has 3 aromatic rings. The molecule has 1 amide bonds. The van der Waals surface area contributed by atoms with Crippen LogP contribution in [0.3, 0.4) is 0 Å². The predicted molar refractivity (Wildman–Crippen MR) is 135 cm³/mol. The molecular weight excluding hydrogens is 429 g/mol. The molecule has 0 atom stereocenters. The van der Waals surface area contributed by atoms with E-state index in [0.717, 1.165) is 42.6 Å². The van der Waals surface area contributed by atoms with Gasteiger partial charge in [-0.15, -0.1) is 0 Å². The van der Waals surface area contributed by atoms with Crippen LogP contribution >= 0.6 is 0 Å². The number of likely N-dealkylation sites (N-methyl/N-ethyl adjacent to an activating group) is 1. The van der Waals surface area contributed by atoms with Gasteiger partial charge in [0.1, 0.15) is 12.1 Å². The zero-order valence-electron chi connectivity index (χ0n) is 19.5. The van der Waals surface area contributed by atoms with Crippen LogP contribution in [0.2, 0.25) is 0 Å². The van der Waals surface area contributed by atoms with Crippen molar-refractivity contribution in [2.75, 3.05) is 35.3 Å². The van der Waals surface area contributed by atoms with E-state index in [9.17, 15) is 14.0 Å². The lowest BCUT2D eigenvalue weighted by Gasteiger charge is -2.33. The number of fused-ring (bicyclic) bond motifs is 1. The number of carbonyl (C=O) groups excluding carboxylic acids is 2. The molecule has 0 unspecified atom stereocenters. The van der Waals surface area contributed by atoms with Gasteiger partial charge in [-0.2, -0.15) is 0 Å². The van der Waals surface area contributed by atoms with Crippen LogP contribution in [0.5, 0.6) is 0 Å². The van der Waals surface area contributed by atoms with Gasteiger partial charge in [-0.25, -0.2) is 4.39 Å². The summed E-state index contributed by atoms with van der Waals surface area (Å²) in [6, 6.07) is 20.9. The highest BCUT2D eigenvalue weighted by Gasteiger charge is 2.23. The topological polar surface area (TPSA) is 52.7 Å². The second kappa shape index (κ2) is 11.0. The monoisotopic (exact) mass is 459 g/mol. The van der Waals surface area contributed by atoms with Crippen molar-refractivity contribution in [3.05, 3.63) is 89.2 Å². The Morgan fingerprint density at radius 3 is 2.68 bits per heavy atom. The molecule has 0 saturated carbocycles. The van der Waals surface area contributed by atoms with Gasteiger partial charge in [0.15, 0.2) is 0 Å². The van der Waals surface area contributed by atoms with Gasteiger partial charge < -0.3 is 19.9 Å². The standard InChI is InChI=1S/C28H30FN3O2/c1-31(24-10-3-2-4-11-24)28(34)20-32-16-6-12-25-22(8-5-13-27(25)32)19-30-23-15-14-21(9-7-17-33)26(29)18-23/h2-5,8,10-11,13-15,17-18,30H,6-7,9,12,16,19-20H2,1H3. The van der Waals surface area contributed by atoms with Crippen LogP contribution in [0.4, 0.5) is 21.5 Å². The average molecular weight is 460 g/mol. The zero-order chi connectivity index (χ0) is 23.9. The van der Waals surface area contributed by atoms with E-state index in [1.54, 1.807) is 11.0 Å². The second-order valence-electron chi connectivity index (χ2n) is 8.59. The van der Waals surface area contributed by atoms with Crippen LogP contribution in [0.25, 0.3) is 0 Å². The number of amides is 1. The summed E-state index contributed by atoms with van der Waals surface area (Å²) in [5.74, 6) is -0.248. The number of para-hydroxylation sites is 1. The van der Waals surface area contributed by atoms with Gasteiger partial charge in [0.25, 0.3) is 0 Å². The van der Waals surface area contributed by atoms with Gasteiger partial charge >= 0.3 is 0 Å². The molecule has 176 valence electrons. The molecule has 1 heterocycles. The Morgan fingerprint density at radius 2 is 1.91 bits per heavy atom. The summed E-state index contributed by atoms with van der Waals surface area (Å²) >= 11 is 0. The van der Waals surface area contributed by atoms with Crippen LogP contribution < -0.4 is 15.1 Å². The Kier molecular flexibility index (Phi) is 7.58. The lowest BCUT2D eigenvalue weighted by atomic mass is 9.96. The highest BCUT2D eigenvalue weighted by Crippen LogP contribution is 2.31. The Balaban J connectivity index is 1.45. The molecule has 5 nitrogen and oxygen atoms in total. The Hall–Kier alpha value is -3.67. The van der Waals surface area contributed by atoms with Crippen LogP contribution in [0, 0.1) is 5.82 Å². The number of halogens is 1. The normalized spacial score (nSPS) is 12.7. The molecule has 3 aromatic carbocycles. The smallest absolute Gasteiger partial charge is 0.246 e. The van der Waals surface area contributed by atoms with Crippen LogP contribution in [-0.4, -0.2) is 32.3 Å². The first-order valence-electron chi connectivity index (χ1n) is 11.7. The quantitative estimate of drug-likeness (QED) is 0.459. The van der Waals surface area contributed by atoms with E-state index in [-0.39, 0.29) is 11.7 Å². The van der Waals surface area contributed by atoms with Crippen molar-refractivity contribution in [3.8, 4) is 0 Å². The average Bonchev–Trinajstić information content (AvgIpc) is 2.87. The Labute approximate surface area is 200 Å². The third-order valence-electron chi connectivity index (χ3n) is 6.36. The Morgan fingerprint density at radius 1 is 1.09 bits per heavy atom. The SMILES string of the molecule is CN(C(=O)CN1CCCc2c(CNc3ccc(CCC=O)c(F)c3)cccc21)c1ccccc1. The van der Waals surface area contributed by atoms with Gasteiger partial charge in [-0.1, -0.05) is 36.4 Å². The number of hydrogen-bond acceptors (Lipinski definition) is 4. The van der Waals surface area contributed by atoms with Gasteiger partial charge in [0.2, 0.25) is 5.91 Å². The largest absolute Gasteiger partial charge is 0.381 e. The maximum absolute atomic E-state index is 14.3. The molecular formula is C28H30FN3O2. The van der Waals surface area contributed by atoms with Crippen molar-refractivity contribution in [3.63, 3.8) is 0 Å². The number of carbonyl (C=O) groups is 2. The first-order valence-corrected chi connectivity index (χ1v) is 11.7. The van der Waals surface area contributed by atoms with Crippen molar-refractivity contribution >= 4 is 29.3 Å². The summed E-state index contributed by atoms with van der Waals surface area (Å²) in [5, 5.41) is 3.33. The van der Waals surface area contributed by atoms with Crippen molar-refractivity contribution in [2.45, 2.75) is 32.2 Å². The summed E-state index contributed by atoms with van der Waals surface area (Å²) in [5.41, 5.74) is 5.62. The number of aldehydes is 1. The number of rotatable bonds is 9. The van der Waals surface area contributed by atoms with Crippen LogP contribution in [-0.2, 0) is 29.0 Å². The third kappa shape index (κ3) is 5.45. The van der Waals surface area contributed by atoms with Crippen LogP contribution in [0.15, 0.2) is 66.7 Å². The maximum atomic E-state index is 14.3. The van der Waals surface area contributed by atoms with E-state index in [1.807, 2.05) is 49.5 Å². The summed E-state index contributed by atoms with van der Waals surface area (Å²) < 4.78 is 14.3. The molecule has 0 spiro atoms. The van der Waals surface area contributed by atoms with E-state index in [1.165, 1.54) is 11.6 Å². The highest BCUT2D eigenvalue weighted by atomic mass is 19.1. The van der Waals surface area contributed by atoms with Crippen molar-refractivity contribution in [1.82, 2.24) is 0 Å². The van der Waals surface area contributed by atoms with E-state index in [4.69, 9.17) is 0 Å². The van der Waals surface area contributed by atoms with E-state index in [0.29, 0.717) is 37.2 Å². The maximum Gasteiger partial charge on any atom is 0.246 e. The molecule has 4 rings (SSSR count). The first-order chi connectivity index (χ1) is 16.6. The summed E-state index contributed by atoms with van der Waals surface area (Å²) in [6.07, 6.45) is 3.47. The summed E-state index contributed by atoms with van der Waals surface area (Å²) in [6.45, 7) is 1.73. The molecule has 1 aliphatic heterocycles. The number of hydrogen-bond donors (Lipinski definition) is 1. The molecule has 1 N–H and O–H groups in total. The molecule has 0 saturated heterocycles. The molecule has 0 aliphatic carbocycles. The van der Waals surface area contributed by atoms with Crippen molar-refractivity contribution in [2.24, 2.45) is 0 Å². The summed E-state index contributed by atoms with van der Waals surface area (Å²) in [7, 11) is 1.81. The number of benzene rings is 3. The predicted octanol–water partition coefficient (Wildman–Crippen LogP) is 4.98. The molecule has 1 aliphatic rings. The van der Waals surface area contributed by atoms with Crippen LogP contribution in [0.1, 0.15) is 29.5 Å². The van der Waals surface area contributed by atoms with Gasteiger partial charge in [0.05, 0.1) is 6.54 Å². The van der Waals surface area contributed by atoms with Gasteiger partial charge in [0, 0.05) is 43.6 Å². The van der Waals surface area contributed by atoms with Gasteiger partial charge in [-0.3, -0.25) is 4.79 Å². The van der Waals surface area contributed by atoms with Crippen molar-refractivity contribution < 1.29 is 14.0 Å². The highest BCUT2D eigenvalue weighted by molar-refractivity contribution is 5.96. The molecule has 0 fully saturated rings. The second-order valence-corrected chi connectivity index (χ2v) is 8.59. The number of nitrogens with zero attached hydrogens (tertiary/aromatic N) is 2. The zero-order valence-corrected chi connectivity index (χ0v) is 19.5. The minimum absolute atomic E-state index is 0.0488. The van der Waals surface area contributed by atoms with Crippen molar-refractivity contribution in [1.29, 1.82) is 0 Å². The molecule has 0 aromatic heterocycles. The van der Waals surface area contributed by atoms with E-state index < -0.39 is 0 Å². The lowest BCUT2D eigenvalue weighted by molar-refractivity contribution is -0.117. The van der Waals surface area contributed by atoms with E-state index >= 15 is 0 Å². The molecule has 6 heteroatoms. The fraction of sp³-hybridized carbons (Fsp3) is 0.286. The molecule has 0 radical (unpaired) electrons. The summed E-state index contributed by atoms with van der Waals surface area (Å²) in [4.78, 5) is 27.4. The number of aryl methyl sites for hydroxylation is 1. The fourth-order valence-electron chi connectivity index (χ4n) is 4.44.